The number of benzene rings is 3. The number of carbonyl (C=O) groups excluding carboxylic acids is 1. The molecule has 1 aliphatic rings. The SMILES string of the molecule is CC(=O)O.Cc1ccc(-c2ccc(C=C3SC(Nc4cc[c]([Na])cc4)=NC3=O)cc2)cc1. The molecule has 0 bridgehead atoms. The Hall–Kier alpha value is -2.64. The van der Waals surface area contributed by atoms with Gasteiger partial charge in [0.15, 0.2) is 0 Å². The molecular weight excluding hydrogens is 431 g/mol. The van der Waals surface area contributed by atoms with Gasteiger partial charge in [0.2, 0.25) is 0 Å². The van der Waals surface area contributed by atoms with Crippen LogP contribution in [-0.4, -0.2) is 50.1 Å². The minimum absolute atomic E-state index is 0.199. The molecule has 2 N–H and O–H groups in total. The van der Waals surface area contributed by atoms with Crippen molar-refractivity contribution in [2.45, 2.75) is 13.8 Å². The summed E-state index contributed by atoms with van der Waals surface area (Å²) in [5.74, 6) is -1.03. The fraction of sp³-hybridized carbons (Fsp3) is 0.0800. The van der Waals surface area contributed by atoms with E-state index in [1.807, 2.05) is 30.3 Å². The number of amides is 1. The van der Waals surface area contributed by atoms with E-state index in [4.69, 9.17) is 9.90 Å². The molecule has 0 aliphatic carbocycles. The van der Waals surface area contributed by atoms with Gasteiger partial charge in [-0.15, -0.1) is 0 Å². The molecule has 0 saturated heterocycles. The van der Waals surface area contributed by atoms with Gasteiger partial charge in [0.1, 0.15) is 0 Å². The van der Waals surface area contributed by atoms with Crippen molar-refractivity contribution >= 4 is 71.3 Å². The van der Waals surface area contributed by atoms with Crippen LogP contribution in [0.15, 0.2) is 82.7 Å². The average Bonchev–Trinajstić information content (AvgIpc) is 3.09. The summed E-state index contributed by atoms with van der Waals surface area (Å²) in [4.78, 5) is 26.0. The van der Waals surface area contributed by atoms with Crippen LogP contribution >= 0.6 is 11.8 Å². The third kappa shape index (κ3) is 7.21. The van der Waals surface area contributed by atoms with Crippen molar-refractivity contribution in [3.63, 3.8) is 0 Å². The maximum atomic E-state index is 12.2. The predicted octanol–water partition coefficient (Wildman–Crippen LogP) is 4.63. The van der Waals surface area contributed by atoms with Crippen molar-refractivity contribution in [1.29, 1.82) is 0 Å². The normalized spacial score (nSPS) is 13.9. The van der Waals surface area contributed by atoms with Crippen LogP contribution in [-0.2, 0) is 9.59 Å². The van der Waals surface area contributed by atoms with E-state index in [-0.39, 0.29) is 5.91 Å². The fourth-order valence-corrected chi connectivity index (χ4v) is 4.06. The summed E-state index contributed by atoms with van der Waals surface area (Å²) in [6, 6.07) is 24.9. The molecule has 0 unspecified atom stereocenters. The standard InChI is InChI=1S/C23H17N2OS.C2H4O2.Na/c1-16-7-11-18(12-8-16)19-13-9-17(10-14-19)15-21-22(26)25-23(27-21)24-20-5-3-2-4-6-20;1-2(3)4;/h3-15H,1H3,(H,24,25,26);1H3,(H,3,4);. The zero-order valence-corrected chi connectivity index (χ0v) is 20.9. The summed E-state index contributed by atoms with van der Waals surface area (Å²) in [5, 5.41) is 11.3. The van der Waals surface area contributed by atoms with E-state index in [9.17, 15) is 4.79 Å². The van der Waals surface area contributed by atoms with Crippen molar-refractivity contribution in [3.05, 3.63) is 88.8 Å². The van der Waals surface area contributed by atoms with Crippen LogP contribution in [0.2, 0.25) is 0 Å². The molecule has 1 aliphatic heterocycles. The molecule has 5 nitrogen and oxygen atoms in total. The van der Waals surface area contributed by atoms with Gasteiger partial charge in [0.25, 0.3) is 5.97 Å². The molecule has 32 heavy (non-hydrogen) atoms. The Labute approximate surface area is 209 Å². The van der Waals surface area contributed by atoms with Crippen LogP contribution < -0.4 is 8.13 Å². The molecule has 0 fully saturated rings. The van der Waals surface area contributed by atoms with Gasteiger partial charge in [0.05, 0.1) is 0 Å². The third-order valence-corrected chi connectivity index (χ3v) is 6.08. The number of carbonyl (C=O) groups is 2. The van der Waals surface area contributed by atoms with Crippen LogP contribution in [0.3, 0.4) is 0 Å². The average molecular weight is 453 g/mol. The molecule has 7 heteroatoms. The van der Waals surface area contributed by atoms with Crippen molar-refractivity contribution in [1.82, 2.24) is 0 Å². The van der Waals surface area contributed by atoms with Crippen LogP contribution in [0.25, 0.3) is 17.2 Å². The number of hydrogen-bond donors (Lipinski definition) is 2. The summed E-state index contributed by atoms with van der Waals surface area (Å²) in [6.07, 6.45) is 1.89. The molecule has 1 heterocycles. The molecular formula is C25H21N2NaO3S. The number of nitrogens with zero attached hydrogens (tertiary/aromatic N) is 1. The summed E-state index contributed by atoms with van der Waals surface area (Å²) >= 11 is 2.40. The van der Waals surface area contributed by atoms with Gasteiger partial charge in [-0.2, -0.15) is 0 Å². The molecule has 156 valence electrons. The molecule has 0 aromatic heterocycles. The quantitative estimate of drug-likeness (QED) is 0.448. The van der Waals surface area contributed by atoms with E-state index in [2.05, 4.69) is 65.8 Å². The number of anilines is 1. The zero-order valence-electron chi connectivity index (χ0n) is 18.1. The summed E-state index contributed by atoms with van der Waals surface area (Å²) in [5.41, 5.74) is 5.53. The number of carboxylic acids is 1. The second-order valence-corrected chi connectivity index (χ2v) is 9.52. The zero-order chi connectivity index (χ0) is 23.1. The smallest absolute Gasteiger partial charge is 0.0587 e. The molecule has 0 atom stereocenters. The molecule has 3 aromatic carbocycles. The van der Waals surface area contributed by atoms with E-state index in [0.29, 0.717) is 10.1 Å². The fourth-order valence-electron chi connectivity index (χ4n) is 2.89. The van der Waals surface area contributed by atoms with Crippen molar-refractivity contribution in [2.75, 3.05) is 5.32 Å². The van der Waals surface area contributed by atoms with Gasteiger partial charge >= 0.3 is 139 Å². The van der Waals surface area contributed by atoms with Crippen molar-refractivity contribution in [3.8, 4) is 11.1 Å². The number of aryl methyl sites for hydroxylation is 1. The Balaban J connectivity index is 0.000000668. The van der Waals surface area contributed by atoms with E-state index < -0.39 is 5.97 Å². The number of rotatable bonds is 3. The predicted molar refractivity (Wildman–Crippen MR) is 133 cm³/mol. The first-order chi connectivity index (χ1) is 15.3. The Kier molecular flexibility index (Phi) is 8.47. The van der Waals surface area contributed by atoms with Crippen LogP contribution in [0.5, 0.6) is 0 Å². The number of carboxylic acid groups (broad SMARTS) is 1. The van der Waals surface area contributed by atoms with Crippen molar-refractivity contribution in [2.24, 2.45) is 4.99 Å². The van der Waals surface area contributed by atoms with Gasteiger partial charge in [-0.05, 0) is 18.1 Å². The Morgan fingerprint density at radius 2 is 1.50 bits per heavy atom. The van der Waals surface area contributed by atoms with Gasteiger partial charge in [-0.1, -0.05) is 29.8 Å². The van der Waals surface area contributed by atoms with E-state index >= 15 is 0 Å². The molecule has 3 aromatic rings. The van der Waals surface area contributed by atoms with Gasteiger partial charge in [-0.25, -0.2) is 0 Å². The molecule has 0 radical (unpaired) electrons. The first-order valence-electron chi connectivity index (χ1n) is 10.0. The number of hydrogen-bond acceptors (Lipinski definition) is 4. The number of amidine groups is 1. The van der Waals surface area contributed by atoms with Gasteiger partial charge in [0, 0.05) is 6.92 Å². The number of thioether (sulfide) groups is 1. The van der Waals surface area contributed by atoms with Gasteiger partial charge < -0.3 is 5.11 Å². The van der Waals surface area contributed by atoms with Gasteiger partial charge in [-0.3, -0.25) is 4.79 Å². The summed E-state index contributed by atoms with van der Waals surface area (Å²) in [6.45, 7) is 3.17. The Morgan fingerprint density at radius 1 is 0.969 bits per heavy atom. The van der Waals surface area contributed by atoms with E-state index in [0.717, 1.165) is 51.7 Å². The van der Waals surface area contributed by atoms with Crippen molar-refractivity contribution < 1.29 is 14.7 Å². The second kappa shape index (κ2) is 11.3. The van der Waals surface area contributed by atoms with Crippen LogP contribution in [0.4, 0.5) is 5.69 Å². The third-order valence-electron chi connectivity index (χ3n) is 4.52. The van der Waals surface area contributed by atoms with Crippen LogP contribution in [0.1, 0.15) is 18.1 Å². The van der Waals surface area contributed by atoms with E-state index in [1.54, 1.807) is 0 Å². The first-order valence-corrected chi connectivity index (χ1v) is 11.8. The molecule has 1 amide bonds. The monoisotopic (exact) mass is 452 g/mol. The number of aliphatic imine (C=N–C) groups is 1. The van der Waals surface area contributed by atoms with Crippen LogP contribution in [0, 0.1) is 6.92 Å². The number of aliphatic carboxylic acids is 1. The Morgan fingerprint density at radius 3 is 2.06 bits per heavy atom. The molecule has 0 saturated carbocycles. The maximum absolute atomic E-state index is 12.2. The summed E-state index contributed by atoms with van der Waals surface area (Å²) in [7, 11) is 0. The minimum Gasteiger partial charge on any atom is -0.0587 e. The first kappa shape index (κ1) is 24.0. The topological polar surface area (TPSA) is 78.8 Å². The Bertz CT molecular complexity index is 1170. The minimum atomic E-state index is -0.833. The van der Waals surface area contributed by atoms with E-state index in [1.165, 1.54) is 25.7 Å². The number of nitrogens with one attached hydrogen (secondary N) is 1. The summed E-state index contributed by atoms with van der Waals surface area (Å²) < 4.78 is 1.33. The molecule has 4 rings (SSSR count). The second-order valence-electron chi connectivity index (χ2n) is 7.33. The molecule has 0 spiro atoms.